The summed E-state index contributed by atoms with van der Waals surface area (Å²) in [6.07, 6.45) is -1.96. The van der Waals surface area contributed by atoms with Gasteiger partial charge in [-0.3, -0.25) is 9.59 Å². The van der Waals surface area contributed by atoms with Crippen LogP contribution in [0.25, 0.3) is 0 Å². The quantitative estimate of drug-likeness (QED) is 0.818. The maximum absolute atomic E-state index is 12.6. The van der Waals surface area contributed by atoms with Gasteiger partial charge in [0.2, 0.25) is 5.91 Å². The Morgan fingerprint density at radius 1 is 1.00 bits per heavy atom. The number of alkyl halides is 3. The number of carbonyl (C=O) groups excluding carboxylic acids is 2. The largest absolute Gasteiger partial charge is 0.416 e. The van der Waals surface area contributed by atoms with Crippen LogP contribution in [0.15, 0.2) is 24.3 Å². The fourth-order valence-electron chi connectivity index (χ4n) is 2.96. The average Bonchev–Trinajstić information content (AvgIpc) is 3.45. The van der Waals surface area contributed by atoms with Gasteiger partial charge in [0.15, 0.2) is 0 Å². The second-order valence-corrected chi connectivity index (χ2v) is 6.82. The van der Waals surface area contributed by atoms with Crippen molar-refractivity contribution in [1.29, 1.82) is 0 Å². The van der Waals surface area contributed by atoms with Gasteiger partial charge in [0.25, 0.3) is 5.91 Å². The van der Waals surface area contributed by atoms with Gasteiger partial charge in [0.05, 0.1) is 12.1 Å². The summed E-state index contributed by atoms with van der Waals surface area (Å²) >= 11 is 0. The van der Waals surface area contributed by atoms with Gasteiger partial charge in [0, 0.05) is 31.7 Å². The lowest BCUT2D eigenvalue weighted by molar-refractivity contribution is -0.137. The van der Waals surface area contributed by atoms with Crippen LogP contribution in [0.5, 0.6) is 0 Å². The number of rotatable bonds is 5. The minimum Gasteiger partial charge on any atom is -0.338 e. The molecule has 1 aromatic rings. The highest BCUT2D eigenvalue weighted by Crippen LogP contribution is 2.29. The topological polar surface area (TPSA) is 52.7 Å². The normalized spacial score (nSPS) is 17.4. The summed E-state index contributed by atoms with van der Waals surface area (Å²) in [4.78, 5) is 27.8. The van der Waals surface area contributed by atoms with E-state index in [9.17, 15) is 22.8 Å². The van der Waals surface area contributed by atoms with Gasteiger partial charge in [0.1, 0.15) is 0 Å². The van der Waals surface area contributed by atoms with Crippen molar-refractivity contribution < 1.29 is 22.8 Å². The molecule has 0 spiro atoms. The zero-order valence-electron chi connectivity index (χ0n) is 14.8. The first kappa shape index (κ1) is 21.5. The number of benzene rings is 1. The Morgan fingerprint density at radius 2 is 1.56 bits per heavy atom. The minimum absolute atomic E-state index is 0. The molecule has 150 valence electrons. The molecule has 5 nitrogen and oxygen atoms in total. The summed E-state index contributed by atoms with van der Waals surface area (Å²) in [5, 5.41) is 3.16. The van der Waals surface area contributed by atoms with Crippen LogP contribution in [0.4, 0.5) is 13.2 Å². The number of halogens is 4. The molecule has 1 N–H and O–H groups in total. The molecule has 1 saturated carbocycles. The second kappa shape index (κ2) is 8.93. The Labute approximate surface area is 162 Å². The predicted molar refractivity (Wildman–Crippen MR) is 96.8 cm³/mol. The van der Waals surface area contributed by atoms with E-state index in [1.807, 2.05) is 0 Å². The summed E-state index contributed by atoms with van der Waals surface area (Å²) in [6, 6.07) is 4.23. The van der Waals surface area contributed by atoms with Crippen LogP contribution in [-0.2, 0) is 11.0 Å². The number of piperazine rings is 1. The van der Waals surface area contributed by atoms with Gasteiger partial charge < -0.3 is 15.1 Å². The minimum atomic E-state index is -4.42. The Kier molecular flexibility index (Phi) is 7.11. The highest BCUT2D eigenvalue weighted by molar-refractivity contribution is 5.94. The van der Waals surface area contributed by atoms with Crippen LogP contribution < -0.4 is 5.32 Å². The first-order valence-electron chi connectivity index (χ1n) is 8.79. The second-order valence-electron chi connectivity index (χ2n) is 6.82. The van der Waals surface area contributed by atoms with Crippen molar-refractivity contribution >= 4 is 24.2 Å². The molecule has 0 bridgehead atoms. The Hall–Kier alpha value is -1.80. The number of nitrogens with one attached hydrogen (secondary N) is 1. The number of carbonyl (C=O) groups is 2. The lowest BCUT2D eigenvalue weighted by atomic mass is 10.1. The van der Waals surface area contributed by atoms with Crippen LogP contribution in [-0.4, -0.2) is 60.9 Å². The number of hydrogen-bond acceptors (Lipinski definition) is 3. The van der Waals surface area contributed by atoms with Crippen molar-refractivity contribution in [3.63, 3.8) is 0 Å². The molecule has 9 heteroatoms. The van der Waals surface area contributed by atoms with Crippen molar-refractivity contribution in [2.45, 2.75) is 19.0 Å². The van der Waals surface area contributed by atoms with Crippen LogP contribution in [0.2, 0.25) is 0 Å². The van der Waals surface area contributed by atoms with Crippen molar-refractivity contribution in [2.75, 3.05) is 39.3 Å². The van der Waals surface area contributed by atoms with E-state index in [2.05, 4.69) is 5.32 Å². The third-order valence-corrected chi connectivity index (χ3v) is 4.78. The van der Waals surface area contributed by atoms with Crippen molar-refractivity contribution in [2.24, 2.45) is 5.92 Å². The molecule has 1 aromatic carbocycles. The van der Waals surface area contributed by atoms with Gasteiger partial charge in [-0.15, -0.1) is 12.4 Å². The zero-order valence-corrected chi connectivity index (χ0v) is 15.6. The lowest BCUT2D eigenvalue weighted by Crippen LogP contribution is -2.52. The summed E-state index contributed by atoms with van der Waals surface area (Å²) in [5.74, 6) is 0.422. The van der Waals surface area contributed by atoms with Gasteiger partial charge in [-0.1, -0.05) is 0 Å². The Balaban J connectivity index is 0.00000261. The van der Waals surface area contributed by atoms with Gasteiger partial charge in [-0.25, -0.2) is 0 Å². The molecule has 2 aliphatic rings. The molecule has 3 rings (SSSR count). The molecule has 2 amide bonds. The van der Waals surface area contributed by atoms with Crippen molar-refractivity contribution in [3.05, 3.63) is 35.4 Å². The summed E-state index contributed by atoms with van der Waals surface area (Å²) < 4.78 is 37.8. The molecular formula is C18H23ClF3N3O2. The summed E-state index contributed by atoms with van der Waals surface area (Å²) in [5.41, 5.74) is -0.549. The van der Waals surface area contributed by atoms with Crippen LogP contribution in [0.1, 0.15) is 28.8 Å². The number of hydrogen-bond donors (Lipinski definition) is 1. The van der Waals surface area contributed by atoms with E-state index in [1.165, 1.54) is 25.0 Å². The molecule has 1 saturated heterocycles. The van der Waals surface area contributed by atoms with E-state index >= 15 is 0 Å². The molecule has 27 heavy (non-hydrogen) atoms. The Bertz CT molecular complexity index is 655. The fourth-order valence-corrected chi connectivity index (χ4v) is 2.96. The molecular weight excluding hydrogens is 383 g/mol. The van der Waals surface area contributed by atoms with E-state index < -0.39 is 11.7 Å². The first-order chi connectivity index (χ1) is 12.3. The maximum Gasteiger partial charge on any atom is 0.416 e. The molecule has 0 unspecified atom stereocenters. The summed E-state index contributed by atoms with van der Waals surface area (Å²) in [7, 11) is 0. The average molecular weight is 406 g/mol. The monoisotopic (exact) mass is 405 g/mol. The maximum atomic E-state index is 12.6. The van der Waals surface area contributed by atoms with E-state index in [4.69, 9.17) is 0 Å². The fraction of sp³-hybridized carbons (Fsp3) is 0.556. The summed E-state index contributed by atoms with van der Waals surface area (Å²) in [6.45, 7) is 2.83. The predicted octanol–water partition coefficient (Wildman–Crippen LogP) is 2.41. The molecule has 1 heterocycles. The SMILES string of the molecule is Cl.O=C(CNCC1CC1)N1CCN(C(=O)c2ccc(C(F)(F)F)cc2)CC1. The molecule has 1 aliphatic carbocycles. The van der Waals surface area contributed by atoms with Crippen LogP contribution in [0, 0.1) is 5.92 Å². The first-order valence-corrected chi connectivity index (χ1v) is 8.79. The highest BCUT2D eigenvalue weighted by Gasteiger charge is 2.31. The van der Waals surface area contributed by atoms with Crippen molar-refractivity contribution in [3.8, 4) is 0 Å². The number of nitrogens with zero attached hydrogens (tertiary/aromatic N) is 2. The third-order valence-electron chi connectivity index (χ3n) is 4.78. The van der Waals surface area contributed by atoms with Gasteiger partial charge >= 0.3 is 6.18 Å². The van der Waals surface area contributed by atoms with E-state index in [0.29, 0.717) is 38.6 Å². The highest BCUT2D eigenvalue weighted by atomic mass is 35.5. The molecule has 0 atom stereocenters. The van der Waals surface area contributed by atoms with E-state index in [-0.39, 0.29) is 29.8 Å². The van der Waals surface area contributed by atoms with Crippen molar-refractivity contribution in [1.82, 2.24) is 15.1 Å². The van der Waals surface area contributed by atoms with Gasteiger partial charge in [-0.2, -0.15) is 13.2 Å². The molecule has 0 radical (unpaired) electrons. The standard InChI is InChI=1S/C18H22F3N3O2.ClH/c19-18(20,21)15-5-3-14(4-6-15)17(26)24-9-7-23(8-10-24)16(25)12-22-11-13-1-2-13;/h3-6,13,22H,1-2,7-12H2;1H. The molecule has 1 aliphatic heterocycles. The van der Waals surface area contributed by atoms with Crippen LogP contribution >= 0.6 is 12.4 Å². The van der Waals surface area contributed by atoms with E-state index in [1.54, 1.807) is 9.80 Å². The zero-order chi connectivity index (χ0) is 18.7. The third kappa shape index (κ3) is 5.84. The Morgan fingerprint density at radius 3 is 2.07 bits per heavy atom. The van der Waals surface area contributed by atoms with Crippen LogP contribution in [0.3, 0.4) is 0 Å². The smallest absolute Gasteiger partial charge is 0.338 e. The molecule has 0 aromatic heterocycles. The number of amides is 2. The van der Waals surface area contributed by atoms with Gasteiger partial charge in [-0.05, 0) is 49.6 Å². The lowest BCUT2D eigenvalue weighted by Gasteiger charge is -2.35. The molecule has 2 fully saturated rings. The van der Waals surface area contributed by atoms with E-state index in [0.717, 1.165) is 18.7 Å².